The van der Waals surface area contributed by atoms with Crippen LogP contribution in [0.4, 0.5) is 0 Å². The van der Waals surface area contributed by atoms with E-state index in [2.05, 4.69) is 40.1 Å². The van der Waals surface area contributed by atoms with Crippen molar-refractivity contribution in [2.24, 2.45) is 0 Å². The summed E-state index contributed by atoms with van der Waals surface area (Å²) >= 11 is 0. The van der Waals surface area contributed by atoms with Crippen LogP contribution in [0.2, 0.25) is 0 Å². The summed E-state index contributed by atoms with van der Waals surface area (Å²) in [7, 11) is 0. The van der Waals surface area contributed by atoms with Crippen LogP contribution in [-0.4, -0.2) is 15.0 Å². The van der Waals surface area contributed by atoms with E-state index in [0.29, 0.717) is 0 Å². The molecule has 4 aromatic rings. The first-order chi connectivity index (χ1) is 12.4. The summed E-state index contributed by atoms with van der Waals surface area (Å²) in [6.07, 6.45) is 0. The third kappa shape index (κ3) is 4.04. The van der Waals surface area contributed by atoms with Crippen LogP contribution in [0.25, 0.3) is 16.5 Å². The van der Waals surface area contributed by atoms with Crippen molar-refractivity contribution in [1.82, 2.24) is 15.0 Å². The van der Waals surface area contributed by atoms with Gasteiger partial charge >= 0.3 is 18.9 Å². The van der Waals surface area contributed by atoms with Gasteiger partial charge in [-0.05, 0) is 12.1 Å². The minimum Gasteiger partial charge on any atom is -0.522 e. The second kappa shape index (κ2) is 8.79. The first kappa shape index (κ1) is 18.4. The number of fused-ring (bicyclic) bond motifs is 1. The number of nitrogens with zero attached hydrogens (tertiary/aromatic N) is 4. The van der Waals surface area contributed by atoms with Crippen LogP contribution in [0.5, 0.6) is 0 Å². The van der Waals surface area contributed by atoms with Gasteiger partial charge in [0.2, 0.25) is 0 Å². The van der Waals surface area contributed by atoms with E-state index < -0.39 is 0 Å². The molecule has 0 atom stereocenters. The monoisotopic (exact) mass is 336 g/mol. The molecule has 3 aromatic carbocycles. The molecule has 6 heteroatoms. The zero-order chi connectivity index (χ0) is 16.9. The molecule has 0 radical (unpaired) electrons. The number of hydrogen-bond donors (Lipinski definition) is 0. The van der Waals surface area contributed by atoms with Crippen LogP contribution in [0.1, 0.15) is 17.2 Å². The summed E-state index contributed by atoms with van der Waals surface area (Å²) in [6.45, 7) is 0.219. The van der Waals surface area contributed by atoms with E-state index in [-0.39, 0.29) is 31.6 Å². The molecular weight excluding hydrogens is 319 g/mol. The summed E-state index contributed by atoms with van der Waals surface area (Å²) < 4.78 is 1.70. The average Bonchev–Trinajstić information content (AvgIpc) is 3.10. The topological polar surface area (TPSA) is 54.0 Å². The predicted molar refractivity (Wildman–Crippen MR) is 96.7 cm³/mol. The summed E-state index contributed by atoms with van der Waals surface area (Å²) in [5.74, 6) is 0. The van der Waals surface area contributed by atoms with Gasteiger partial charge < -0.3 is 10.3 Å². The number of rotatable bonds is 6. The van der Waals surface area contributed by atoms with Gasteiger partial charge in [-0.15, -0.1) is 5.10 Å². The Hall–Kier alpha value is -2.42. The first-order valence-electron chi connectivity index (χ1n) is 8.12. The summed E-state index contributed by atoms with van der Waals surface area (Å²) in [6, 6.07) is 27.8. The molecule has 26 heavy (non-hydrogen) atoms. The standard InChI is InChI=1S/C20H17N4O.Li/c1-3-9-16(10-4-1)20(17-11-5-2-6-12-17)22-25-15-24-19-14-8-7-13-18(19)21-23-24;/h1-14,20H,15H2;/q-1;+1. The normalized spacial score (nSPS) is 10.8. The zero-order valence-corrected chi connectivity index (χ0v) is 14.6. The van der Waals surface area contributed by atoms with Crippen LogP contribution in [0, 0.1) is 0 Å². The third-order valence-electron chi connectivity index (χ3n) is 4.01. The van der Waals surface area contributed by atoms with Crippen LogP contribution >= 0.6 is 0 Å². The molecule has 0 bridgehead atoms. The van der Waals surface area contributed by atoms with E-state index >= 15 is 0 Å². The molecule has 0 aliphatic rings. The molecule has 0 saturated carbocycles. The zero-order valence-electron chi connectivity index (χ0n) is 14.6. The number of para-hydroxylation sites is 1. The third-order valence-corrected chi connectivity index (χ3v) is 4.01. The average molecular weight is 336 g/mol. The molecule has 0 aliphatic heterocycles. The maximum atomic E-state index is 5.64. The molecule has 0 saturated heterocycles. The Morgan fingerprint density at radius 2 is 1.38 bits per heavy atom. The van der Waals surface area contributed by atoms with E-state index in [1.165, 1.54) is 0 Å². The van der Waals surface area contributed by atoms with Gasteiger partial charge in [-0.3, -0.25) is 0 Å². The van der Waals surface area contributed by atoms with Gasteiger partial charge in [0.25, 0.3) is 0 Å². The fourth-order valence-electron chi connectivity index (χ4n) is 2.76. The Morgan fingerprint density at radius 3 is 2.04 bits per heavy atom. The summed E-state index contributed by atoms with van der Waals surface area (Å²) in [4.78, 5) is 5.64. The van der Waals surface area contributed by atoms with Crippen LogP contribution < -0.4 is 18.9 Å². The van der Waals surface area contributed by atoms with Gasteiger partial charge in [0, 0.05) is 0 Å². The van der Waals surface area contributed by atoms with Gasteiger partial charge in [-0.1, -0.05) is 95.2 Å². The van der Waals surface area contributed by atoms with Crippen LogP contribution in [0.3, 0.4) is 0 Å². The molecule has 0 spiro atoms. The molecule has 0 aliphatic carbocycles. The maximum absolute atomic E-state index is 5.64. The summed E-state index contributed by atoms with van der Waals surface area (Å²) in [5, 5.41) is 8.24. The fourth-order valence-corrected chi connectivity index (χ4v) is 2.76. The molecule has 1 aromatic heterocycles. The molecule has 5 nitrogen and oxygen atoms in total. The Labute approximate surface area is 164 Å². The number of aromatic nitrogens is 3. The quantitative estimate of drug-likeness (QED) is 0.396. The van der Waals surface area contributed by atoms with Gasteiger partial charge in [0.1, 0.15) is 12.2 Å². The number of benzene rings is 3. The minimum atomic E-state index is -0.183. The van der Waals surface area contributed by atoms with Crippen LogP contribution in [-0.2, 0) is 11.6 Å². The summed E-state index contributed by atoms with van der Waals surface area (Å²) in [5.41, 5.74) is 8.38. The molecule has 4 rings (SSSR count). The Balaban J connectivity index is 0.00000196. The van der Waals surface area contributed by atoms with E-state index in [0.717, 1.165) is 22.2 Å². The van der Waals surface area contributed by atoms with Gasteiger partial charge in [-0.25, -0.2) is 4.68 Å². The number of hydroxylamine groups is 1. The SMILES string of the molecule is [Li+].c1ccc(C([N-]OCn2nnc3ccccc32)c2ccccc2)cc1. The van der Waals surface area contributed by atoms with E-state index in [1.807, 2.05) is 60.7 Å². The second-order valence-corrected chi connectivity index (χ2v) is 5.67. The van der Waals surface area contributed by atoms with Crippen molar-refractivity contribution in [2.45, 2.75) is 12.8 Å². The number of hydrogen-bond acceptors (Lipinski definition) is 3. The Bertz CT molecular complexity index is 904. The van der Waals surface area contributed by atoms with Crippen molar-refractivity contribution in [1.29, 1.82) is 0 Å². The molecular formula is C20H17LiN4O. The molecule has 0 N–H and O–H groups in total. The van der Waals surface area contributed by atoms with Crippen molar-refractivity contribution < 1.29 is 23.7 Å². The van der Waals surface area contributed by atoms with Gasteiger partial charge in [-0.2, -0.15) is 0 Å². The predicted octanol–water partition coefficient (Wildman–Crippen LogP) is 1.49. The van der Waals surface area contributed by atoms with Crippen molar-refractivity contribution in [3.63, 3.8) is 0 Å². The molecule has 0 unspecified atom stereocenters. The molecule has 0 fully saturated rings. The van der Waals surface area contributed by atoms with Crippen LogP contribution in [0.15, 0.2) is 84.9 Å². The first-order valence-corrected chi connectivity index (χ1v) is 8.12. The maximum Gasteiger partial charge on any atom is 1.00 e. The van der Waals surface area contributed by atoms with E-state index in [9.17, 15) is 0 Å². The van der Waals surface area contributed by atoms with Crippen molar-refractivity contribution in [3.05, 3.63) is 102 Å². The van der Waals surface area contributed by atoms with Gasteiger partial charge in [0.05, 0.1) is 5.52 Å². The van der Waals surface area contributed by atoms with Crippen molar-refractivity contribution in [2.75, 3.05) is 0 Å². The van der Waals surface area contributed by atoms with Crippen molar-refractivity contribution >= 4 is 11.0 Å². The van der Waals surface area contributed by atoms with Crippen molar-refractivity contribution in [3.8, 4) is 0 Å². The molecule has 124 valence electrons. The van der Waals surface area contributed by atoms with E-state index in [4.69, 9.17) is 4.84 Å². The largest absolute Gasteiger partial charge is 1.00 e. The smallest absolute Gasteiger partial charge is 0.522 e. The van der Waals surface area contributed by atoms with Gasteiger partial charge in [0.15, 0.2) is 0 Å². The Morgan fingerprint density at radius 1 is 0.808 bits per heavy atom. The Kier molecular flexibility index (Phi) is 6.21. The second-order valence-electron chi connectivity index (χ2n) is 5.67. The molecule has 0 amide bonds. The fraction of sp³-hybridized carbons (Fsp3) is 0.100. The minimum absolute atomic E-state index is 0. The van der Waals surface area contributed by atoms with E-state index in [1.54, 1.807) is 4.68 Å². The molecule has 1 heterocycles.